The Hall–Kier alpha value is -4.29. The number of hydrazine groups is 1. The smallest absolute Gasteiger partial charge is 0.465 e. The minimum absolute atomic E-state index is 0.00129. The van der Waals surface area contributed by atoms with Crippen molar-refractivity contribution >= 4 is 29.6 Å². The first-order valence-corrected chi connectivity index (χ1v) is 10.4. The van der Waals surface area contributed by atoms with Crippen molar-refractivity contribution in [3.8, 4) is 0 Å². The molecule has 2 aromatic rings. The van der Waals surface area contributed by atoms with Crippen LogP contribution in [0.15, 0.2) is 54.6 Å². The highest BCUT2D eigenvalue weighted by Gasteiger charge is 2.39. The van der Waals surface area contributed by atoms with Crippen LogP contribution in [0, 0.1) is 0 Å². The quantitative estimate of drug-likeness (QED) is 0.565. The summed E-state index contributed by atoms with van der Waals surface area (Å²) in [6, 6.07) is 14.3. The van der Waals surface area contributed by atoms with Crippen molar-refractivity contribution in [2.75, 3.05) is 31.1 Å². The molecule has 1 heterocycles. The zero-order chi connectivity index (χ0) is 25.6. The highest BCUT2D eigenvalue weighted by Crippen LogP contribution is 2.20. The van der Waals surface area contributed by atoms with Gasteiger partial charge in [-0.1, -0.05) is 30.3 Å². The van der Waals surface area contributed by atoms with Crippen LogP contribution in [-0.2, 0) is 11.3 Å². The van der Waals surface area contributed by atoms with Gasteiger partial charge < -0.3 is 14.9 Å². The van der Waals surface area contributed by atoms with Crippen molar-refractivity contribution < 1.29 is 37.5 Å². The Labute approximate surface area is 197 Å². The number of halogens is 3. The molecule has 0 radical (unpaired) electrons. The van der Waals surface area contributed by atoms with Crippen LogP contribution < -0.4 is 15.8 Å². The lowest BCUT2D eigenvalue weighted by Gasteiger charge is -2.36. The molecule has 10 nitrogen and oxygen atoms in total. The molecule has 186 valence electrons. The summed E-state index contributed by atoms with van der Waals surface area (Å²) >= 11 is 0. The fraction of sp³-hybridized carbons (Fsp3) is 0.273. The van der Waals surface area contributed by atoms with Crippen LogP contribution in [0.4, 0.5) is 28.4 Å². The molecule has 13 heteroatoms. The number of amides is 5. The zero-order valence-corrected chi connectivity index (χ0v) is 18.3. The highest BCUT2D eigenvalue weighted by atomic mass is 19.4. The summed E-state index contributed by atoms with van der Waals surface area (Å²) in [5, 5.41) is 9.12. The molecule has 2 aromatic carbocycles. The molecule has 1 aliphatic rings. The van der Waals surface area contributed by atoms with Crippen LogP contribution in [0.5, 0.6) is 0 Å². The number of anilines is 1. The van der Waals surface area contributed by atoms with Crippen LogP contribution in [0.3, 0.4) is 0 Å². The number of piperazine rings is 1. The second-order valence-corrected chi connectivity index (χ2v) is 7.56. The molecular formula is C22H22F3N5O5. The number of para-hydroxylation sites is 1. The van der Waals surface area contributed by atoms with E-state index in [4.69, 9.17) is 5.11 Å². The summed E-state index contributed by atoms with van der Waals surface area (Å²) < 4.78 is 36.7. The minimum atomic E-state index is -5.13. The Morgan fingerprint density at radius 1 is 0.857 bits per heavy atom. The molecule has 1 saturated heterocycles. The number of carbonyl (C=O) groups excluding carboxylic acids is 3. The van der Waals surface area contributed by atoms with Crippen LogP contribution in [0.25, 0.3) is 0 Å². The molecule has 5 amide bonds. The number of hydrogen-bond acceptors (Lipinski definition) is 4. The fourth-order valence-electron chi connectivity index (χ4n) is 3.34. The van der Waals surface area contributed by atoms with Crippen LogP contribution in [-0.4, -0.2) is 71.2 Å². The minimum Gasteiger partial charge on any atom is -0.465 e. The topological polar surface area (TPSA) is 122 Å². The third kappa shape index (κ3) is 6.62. The number of urea groups is 1. The average Bonchev–Trinajstić information content (AvgIpc) is 2.85. The number of carbonyl (C=O) groups is 4. The maximum Gasteiger partial charge on any atom is 0.472 e. The van der Waals surface area contributed by atoms with Gasteiger partial charge in [-0.25, -0.2) is 9.59 Å². The van der Waals surface area contributed by atoms with Crippen LogP contribution in [0.1, 0.15) is 15.9 Å². The Balaban J connectivity index is 1.69. The lowest BCUT2D eigenvalue weighted by molar-refractivity contribution is -0.174. The van der Waals surface area contributed by atoms with Crippen molar-refractivity contribution in [2.24, 2.45) is 0 Å². The summed E-state index contributed by atoms with van der Waals surface area (Å²) in [4.78, 5) is 51.5. The van der Waals surface area contributed by atoms with Crippen molar-refractivity contribution in [3.63, 3.8) is 0 Å². The van der Waals surface area contributed by atoms with Gasteiger partial charge >= 0.3 is 24.2 Å². The normalized spacial score (nSPS) is 13.7. The van der Waals surface area contributed by atoms with Gasteiger partial charge in [-0.05, 0) is 29.8 Å². The second-order valence-electron chi connectivity index (χ2n) is 7.56. The molecule has 1 aliphatic heterocycles. The van der Waals surface area contributed by atoms with Gasteiger partial charge in [0.25, 0.3) is 5.91 Å². The van der Waals surface area contributed by atoms with E-state index < -0.39 is 24.1 Å². The summed E-state index contributed by atoms with van der Waals surface area (Å²) in [5.41, 5.74) is 4.21. The molecule has 1 fully saturated rings. The standard InChI is InChI=1S/C22H22F3N5O5/c23-22(24,25)19(32)27-26-18(31)16-8-6-15(7-9-16)14-30(17-4-2-1-3-5-17)20(33)28-10-12-29(13-11-28)21(34)35/h1-9H,10-14H2,(H,26,31)(H,27,32)(H,34,35). The first-order valence-electron chi connectivity index (χ1n) is 10.4. The number of rotatable bonds is 4. The fourth-order valence-corrected chi connectivity index (χ4v) is 3.34. The zero-order valence-electron chi connectivity index (χ0n) is 18.3. The van der Waals surface area contributed by atoms with E-state index in [1.165, 1.54) is 39.5 Å². The van der Waals surface area contributed by atoms with Crippen LogP contribution in [0.2, 0.25) is 0 Å². The van der Waals surface area contributed by atoms with E-state index in [1.807, 2.05) is 0 Å². The largest absolute Gasteiger partial charge is 0.472 e. The van der Waals surface area contributed by atoms with E-state index in [-0.39, 0.29) is 44.3 Å². The molecular weight excluding hydrogens is 471 g/mol. The van der Waals surface area contributed by atoms with E-state index in [2.05, 4.69) is 0 Å². The van der Waals surface area contributed by atoms with E-state index in [1.54, 1.807) is 40.7 Å². The van der Waals surface area contributed by atoms with Crippen molar-refractivity contribution in [2.45, 2.75) is 12.7 Å². The number of carboxylic acid groups (broad SMARTS) is 1. The Morgan fingerprint density at radius 2 is 1.43 bits per heavy atom. The molecule has 35 heavy (non-hydrogen) atoms. The third-order valence-electron chi connectivity index (χ3n) is 5.22. The van der Waals surface area contributed by atoms with Gasteiger partial charge in [0.05, 0.1) is 6.54 Å². The SMILES string of the molecule is O=C(NNC(=O)C(F)(F)F)c1ccc(CN(C(=O)N2CCN(C(=O)O)CC2)c2ccccc2)cc1. The van der Waals surface area contributed by atoms with Gasteiger partial charge in [0.2, 0.25) is 0 Å². The maximum atomic E-state index is 13.3. The predicted octanol–water partition coefficient (Wildman–Crippen LogP) is 2.43. The molecule has 0 spiro atoms. The van der Waals surface area contributed by atoms with Gasteiger partial charge in [-0.3, -0.25) is 25.3 Å². The van der Waals surface area contributed by atoms with Gasteiger partial charge in [0, 0.05) is 37.4 Å². The van der Waals surface area contributed by atoms with Gasteiger partial charge in [0.1, 0.15) is 0 Å². The molecule has 0 unspecified atom stereocenters. The number of nitrogens with one attached hydrogen (secondary N) is 2. The van der Waals surface area contributed by atoms with Crippen molar-refractivity contribution in [1.82, 2.24) is 20.7 Å². The number of hydrogen-bond donors (Lipinski definition) is 3. The van der Waals surface area contributed by atoms with Crippen LogP contribution >= 0.6 is 0 Å². The Bertz CT molecular complexity index is 1070. The van der Waals surface area contributed by atoms with Crippen molar-refractivity contribution in [3.05, 3.63) is 65.7 Å². The highest BCUT2D eigenvalue weighted by molar-refractivity contribution is 5.96. The van der Waals surface area contributed by atoms with E-state index in [0.717, 1.165) is 0 Å². The maximum absolute atomic E-state index is 13.3. The van der Waals surface area contributed by atoms with Gasteiger partial charge in [0.15, 0.2) is 0 Å². The average molecular weight is 493 g/mol. The molecule has 0 atom stereocenters. The summed E-state index contributed by atoms with van der Waals surface area (Å²) in [6.45, 7) is 0.972. The number of alkyl halides is 3. The molecule has 0 aliphatic carbocycles. The molecule has 0 bridgehead atoms. The third-order valence-corrected chi connectivity index (χ3v) is 5.22. The lowest BCUT2D eigenvalue weighted by atomic mass is 10.1. The summed E-state index contributed by atoms with van der Waals surface area (Å²) in [6.07, 6.45) is -6.18. The van der Waals surface area contributed by atoms with E-state index in [0.29, 0.717) is 11.3 Å². The summed E-state index contributed by atoms with van der Waals surface area (Å²) in [5.74, 6) is -3.25. The summed E-state index contributed by atoms with van der Waals surface area (Å²) in [7, 11) is 0. The molecule has 0 saturated carbocycles. The Kier molecular flexibility index (Phi) is 7.79. The Morgan fingerprint density at radius 3 is 1.97 bits per heavy atom. The van der Waals surface area contributed by atoms with Crippen molar-refractivity contribution in [1.29, 1.82) is 0 Å². The molecule has 3 N–H and O–H groups in total. The first kappa shape index (κ1) is 25.3. The first-order chi connectivity index (χ1) is 16.6. The monoisotopic (exact) mass is 493 g/mol. The lowest BCUT2D eigenvalue weighted by Crippen LogP contribution is -2.53. The molecule has 0 aromatic heterocycles. The second kappa shape index (κ2) is 10.8. The number of nitrogens with zero attached hydrogens (tertiary/aromatic N) is 3. The molecule has 3 rings (SSSR count). The van der Waals surface area contributed by atoms with E-state index >= 15 is 0 Å². The number of benzene rings is 2. The predicted molar refractivity (Wildman–Crippen MR) is 117 cm³/mol. The van der Waals surface area contributed by atoms with E-state index in [9.17, 15) is 32.3 Å². The van der Waals surface area contributed by atoms with Gasteiger partial charge in [-0.2, -0.15) is 13.2 Å². The van der Waals surface area contributed by atoms with Gasteiger partial charge in [-0.15, -0.1) is 0 Å².